The van der Waals surface area contributed by atoms with Gasteiger partial charge in [-0.3, -0.25) is 14.8 Å². The van der Waals surface area contributed by atoms with Gasteiger partial charge in [0.2, 0.25) is 5.88 Å². The zero-order valence-electron chi connectivity index (χ0n) is 22.2. The summed E-state index contributed by atoms with van der Waals surface area (Å²) in [5, 5.41) is 0. The van der Waals surface area contributed by atoms with Gasteiger partial charge in [-0.1, -0.05) is 0 Å². The van der Waals surface area contributed by atoms with Crippen LogP contribution in [0.4, 0.5) is 0 Å². The van der Waals surface area contributed by atoms with Crippen LogP contribution in [0.2, 0.25) is 0 Å². The highest BCUT2D eigenvalue weighted by Crippen LogP contribution is 2.36. The van der Waals surface area contributed by atoms with E-state index in [9.17, 15) is 13.2 Å². The Morgan fingerprint density at radius 2 is 1.82 bits per heavy atom. The van der Waals surface area contributed by atoms with Gasteiger partial charge in [-0.15, -0.1) is 0 Å². The molecule has 10 nitrogen and oxygen atoms in total. The number of nitrogens with zero attached hydrogens (tertiary/aromatic N) is 5. The molecule has 0 atom stereocenters. The molecule has 0 saturated carbocycles. The summed E-state index contributed by atoms with van der Waals surface area (Å²) in [7, 11) is -3.48. The smallest absolute Gasteiger partial charge is 0.232 e. The molecule has 0 amide bonds. The van der Waals surface area contributed by atoms with Gasteiger partial charge < -0.3 is 9.47 Å². The van der Waals surface area contributed by atoms with Gasteiger partial charge in [0.15, 0.2) is 15.6 Å². The van der Waals surface area contributed by atoms with Crippen LogP contribution in [0.25, 0.3) is 11.3 Å². The summed E-state index contributed by atoms with van der Waals surface area (Å²) in [4.78, 5) is 35.7. The molecule has 0 radical (unpaired) electrons. The Bertz CT molecular complexity index is 1380. The minimum atomic E-state index is -3.48. The van der Waals surface area contributed by atoms with Crippen molar-refractivity contribution in [2.24, 2.45) is 0 Å². The summed E-state index contributed by atoms with van der Waals surface area (Å²) < 4.78 is 35.6. The SMILES string of the molecule is CCOc1cncc(-c2ccc(CC(=O)C3(c4ccnc(CS(=O)(=O)C(C)(C)C)n4)CCOCC3)nc2)n1. The molecule has 3 aromatic heterocycles. The maximum atomic E-state index is 13.8. The molecule has 11 heteroatoms. The van der Waals surface area contributed by atoms with E-state index in [0.717, 1.165) is 5.56 Å². The van der Waals surface area contributed by atoms with Gasteiger partial charge in [0, 0.05) is 43.3 Å². The second-order valence-electron chi connectivity index (χ2n) is 10.2. The topological polar surface area (TPSA) is 134 Å². The van der Waals surface area contributed by atoms with E-state index >= 15 is 0 Å². The first-order valence-corrected chi connectivity index (χ1v) is 14.3. The Kier molecular flexibility index (Phi) is 8.17. The number of carbonyl (C=O) groups excluding carboxylic acids is 1. The fourth-order valence-corrected chi connectivity index (χ4v) is 5.15. The molecule has 0 bridgehead atoms. The van der Waals surface area contributed by atoms with E-state index < -0.39 is 20.0 Å². The van der Waals surface area contributed by atoms with E-state index in [1.807, 2.05) is 13.0 Å². The lowest BCUT2D eigenvalue weighted by molar-refractivity contribution is -0.127. The third-order valence-corrected chi connectivity index (χ3v) is 9.20. The summed E-state index contributed by atoms with van der Waals surface area (Å²) in [5.74, 6) is 0.295. The molecule has 0 N–H and O–H groups in total. The molecule has 1 aliphatic heterocycles. The number of Topliss-reactive ketones (excluding diaryl/α,β-unsaturated/α-hetero) is 1. The maximum absolute atomic E-state index is 13.8. The number of ether oxygens (including phenoxy) is 2. The number of hydrogen-bond donors (Lipinski definition) is 0. The van der Waals surface area contributed by atoms with Gasteiger partial charge in [-0.2, -0.15) is 0 Å². The number of pyridine rings is 1. The summed E-state index contributed by atoms with van der Waals surface area (Å²) in [6, 6.07) is 5.36. The van der Waals surface area contributed by atoms with Crippen LogP contribution in [0.15, 0.2) is 43.0 Å². The van der Waals surface area contributed by atoms with Gasteiger partial charge in [0.05, 0.1) is 40.6 Å². The summed E-state index contributed by atoms with van der Waals surface area (Å²) >= 11 is 0. The highest BCUT2D eigenvalue weighted by atomic mass is 32.2. The molecule has 38 heavy (non-hydrogen) atoms. The van der Waals surface area contributed by atoms with Crippen molar-refractivity contribution in [3.8, 4) is 17.1 Å². The fourth-order valence-electron chi connectivity index (χ4n) is 4.24. The van der Waals surface area contributed by atoms with E-state index in [-0.39, 0.29) is 23.8 Å². The molecule has 3 aromatic rings. The van der Waals surface area contributed by atoms with Gasteiger partial charge in [-0.05, 0) is 58.7 Å². The predicted octanol–water partition coefficient (Wildman–Crippen LogP) is 3.30. The van der Waals surface area contributed by atoms with Crippen molar-refractivity contribution in [3.63, 3.8) is 0 Å². The Morgan fingerprint density at radius 1 is 1.05 bits per heavy atom. The molecular formula is C27H33N5O5S. The molecule has 0 unspecified atom stereocenters. The quantitative estimate of drug-likeness (QED) is 0.399. The monoisotopic (exact) mass is 539 g/mol. The lowest BCUT2D eigenvalue weighted by atomic mass is 9.72. The van der Waals surface area contributed by atoms with Crippen molar-refractivity contribution in [2.75, 3.05) is 19.8 Å². The number of aromatic nitrogens is 5. The van der Waals surface area contributed by atoms with Crippen LogP contribution in [0.1, 0.15) is 57.7 Å². The minimum Gasteiger partial charge on any atom is -0.477 e. The number of ketones is 1. The molecule has 1 saturated heterocycles. The summed E-state index contributed by atoms with van der Waals surface area (Å²) in [6.07, 6.45) is 7.39. The third kappa shape index (κ3) is 6.05. The molecule has 1 fully saturated rings. The van der Waals surface area contributed by atoms with E-state index in [4.69, 9.17) is 9.47 Å². The molecule has 0 spiro atoms. The Hall–Kier alpha value is -3.31. The zero-order valence-corrected chi connectivity index (χ0v) is 23.0. The Morgan fingerprint density at radius 3 is 2.47 bits per heavy atom. The van der Waals surface area contributed by atoms with Crippen LogP contribution in [0, 0.1) is 0 Å². The lowest BCUT2D eigenvalue weighted by Crippen LogP contribution is -2.43. The van der Waals surface area contributed by atoms with Crippen molar-refractivity contribution < 1.29 is 22.7 Å². The summed E-state index contributed by atoms with van der Waals surface area (Å²) in [5.41, 5.74) is 1.62. The third-order valence-electron chi connectivity index (χ3n) is 6.69. The molecule has 0 aromatic carbocycles. The first-order chi connectivity index (χ1) is 18.0. The average molecular weight is 540 g/mol. The van der Waals surface area contributed by atoms with Crippen molar-refractivity contribution in [1.82, 2.24) is 24.9 Å². The van der Waals surface area contributed by atoms with E-state index in [2.05, 4.69) is 24.9 Å². The van der Waals surface area contributed by atoms with Crippen LogP contribution in [-0.2, 0) is 37.0 Å². The van der Waals surface area contributed by atoms with Crippen LogP contribution in [-0.4, -0.2) is 63.7 Å². The van der Waals surface area contributed by atoms with Crippen LogP contribution < -0.4 is 4.74 Å². The number of sulfone groups is 1. The molecule has 1 aliphatic rings. The zero-order chi connectivity index (χ0) is 27.4. The van der Waals surface area contributed by atoms with Gasteiger partial charge in [0.25, 0.3) is 0 Å². The van der Waals surface area contributed by atoms with Crippen molar-refractivity contribution >= 4 is 15.6 Å². The standard InChI is InChI=1S/C27H33N5O5S/c1-5-37-25-17-28-16-21(31-25)19-6-7-20(30-15-19)14-23(33)27(9-12-36-13-10-27)22-8-11-29-24(32-22)18-38(34,35)26(2,3)4/h6-8,11,15-17H,5,9-10,12-14,18H2,1-4H3. The minimum absolute atomic E-state index is 0.0393. The van der Waals surface area contributed by atoms with Crippen molar-refractivity contribution in [2.45, 2.75) is 62.9 Å². The molecular weight excluding hydrogens is 506 g/mol. The fraction of sp³-hybridized carbons (Fsp3) is 0.481. The predicted molar refractivity (Wildman–Crippen MR) is 141 cm³/mol. The van der Waals surface area contributed by atoms with Gasteiger partial charge >= 0.3 is 0 Å². The Labute approximate surface area is 223 Å². The molecule has 4 rings (SSSR count). The Balaban J connectivity index is 1.57. The second kappa shape index (κ2) is 11.2. The van der Waals surface area contributed by atoms with E-state index in [0.29, 0.717) is 55.6 Å². The molecule has 4 heterocycles. The van der Waals surface area contributed by atoms with Crippen LogP contribution in [0.5, 0.6) is 5.88 Å². The van der Waals surface area contributed by atoms with Gasteiger partial charge in [0.1, 0.15) is 11.6 Å². The normalized spacial score (nSPS) is 15.7. The maximum Gasteiger partial charge on any atom is 0.232 e. The van der Waals surface area contributed by atoms with E-state index in [1.165, 1.54) is 6.20 Å². The second-order valence-corrected chi connectivity index (χ2v) is 13.0. The largest absolute Gasteiger partial charge is 0.477 e. The van der Waals surface area contributed by atoms with Crippen LogP contribution in [0.3, 0.4) is 0 Å². The van der Waals surface area contributed by atoms with Crippen LogP contribution >= 0.6 is 0 Å². The van der Waals surface area contributed by atoms with Gasteiger partial charge in [-0.25, -0.2) is 23.4 Å². The number of carbonyl (C=O) groups is 1. The lowest BCUT2D eigenvalue weighted by Gasteiger charge is -2.35. The average Bonchev–Trinajstić information content (AvgIpc) is 2.89. The first kappa shape index (κ1) is 27.7. The first-order valence-electron chi connectivity index (χ1n) is 12.6. The summed E-state index contributed by atoms with van der Waals surface area (Å²) in [6.45, 7) is 8.13. The van der Waals surface area contributed by atoms with E-state index in [1.54, 1.807) is 51.5 Å². The van der Waals surface area contributed by atoms with Crippen molar-refractivity contribution in [3.05, 3.63) is 60.2 Å². The number of hydrogen-bond acceptors (Lipinski definition) is 10. The highest BCUT2D eigenvalue weighted by molar-refractivity contribution is 7.91. The molecule has 202 valence electrons. The molecule has 0 aliphatic carbocycles. The highest BCUT2D eigenvalue weighted by Gasteiger charge is 2.43. The number of rotatable bonds is 9. The van der Waals surface area contributed by atoms with Crippen molar-refractivity contribution in [1.29, 1.82) is 0 Å².